The van der Waals surface area contributed by atoms with E-state index in [1.807, 2.05) is 12.1 Å². The third kappa shape index (κ3) is 1.69. The summed E-state index contributed by atoms with van der Waals surface area (Å²) in [7, 11) is 0. The van der Waals surface area contributed by atoms with Crippen molar-refractivity contribution in [2.24, 2.45) is 0 Å². The van der Waals surface area contributed by atoms with E-state index < -0.39 is 0 Å². The summed E-state index contributed by atoms with van der Waals surface area (Å²) in [5.41, 5.74) is 1.44. The molecule has 0 amide bonds. The fraction of sp³-hybridized carbons (Fsp3) is 0.500. The zero-order valence-corrected chi connectivity index (χ0v) is 8.97. The van der Waals surface area contributed by atoms with E-state index in [-0.39, 0.29) is 6.10 Å². The number of aliphatic hydroxyl groups excluding tert-OH is 1. The van der Waals surface area contributed by atoms with Crippen LogP contribution in [0.1, 0.15) is 37.5 Å². The molecule has 2 heterocycles. The van der Waals surface area contributed by atoms with Gasteiger partial charge in [0.15, 0.2) is 17.1 Å². The van der Waals surface area contributed by atoms with Crippen molar-refractivity contribution in [2.45, 2.75) is 37.7 Å². The maximum atomic E-state index is 9.45. The normalized spacial score (nSPS) is 26.1. The van der Waals surface area contributed by atoms with Crippen molar-refractivity contribution in [3.63, 3.8) is 0 Å². The lowest BCUT2D eigenvalue weighted by atomic mass is 9.87. The zero-order valence-electron chi connectivity index (χ0n) is 8.97. The number of rotatable bonds is 1. The van der Waals surface area contributed by atoms with Gasteiger partial charge < -0.3 is 9.52 Å². The fourth-order valence-corrected chi connectivity index (χ4v) is 2.28. The molecule has 0 aliphatic heterocycles. The second kappa shape index (κ2) is 3.87. The van der Waals surface area contributed by atoms with Gasteiger partial charge >= 0.3 is 0 Å². The highest BCUT2D eigenvalue weighted by Crippen LogP contribution is 2.33. The molecule has 0 atom stereocenters. The quantitative estimate of drug-likeness (QED) is 0.797. The summed E-state index contributed by atoms with van der Waals surface area (Å²) in [4.78, 5) is 8.56. The van der Waals surface area contributed by atoms with Crippen molar-refractivity contribution in [1.82, 2.24) is 9.97 Å². The molecule has 1 N–H and O–H groups in total. The standard InChI is InChI=1S/C12H14N2O2/c15-9-5-3-8(4-6-9)12-14-11-10(16-12)2-1-7-13-11/h1-2,7-9,15H,3-6H2. The van der Waals surface area contributed by atoms with Crippen molar-refractivity contribution >= 4 is 11.2 Å². The lowest BCUT2D eigenvalue weighted by Crippen LogP contribution is -2.17. The summed E-state index contributed by atoms with van der Waals surface area (Å²) in [5.74, 6) is 1.12. The summed E-state index contributed by atoms with van der Waals surface area (Å²) in [5, 5.41) is 9.45. The van der Waals surface area contributed by atoms with Gasteiger partial charge in [0, 0.05) is 12.1 Å². The van der Waals surface area contributed by atoms with Crippen LogP contribution in [0.3, 0.4) is 0 Å². The van der Waals surface area contributed by atoms with Gasteiger partial charge in [0.1, 0.15) is 0 Å². The number of aliphatic hydroxyl groups is 1. The number of pyridine rings is 1. The van der Waals surface area contributed by atoms with Gasteiger partial charge in [-0.2, -0.15) is 4.98 Å². The van der Waals surface area contributed by atoms with Gasteiger partial charge in [-0.05, 0) is 37.8 Å². The average Bonchev–Trinajstić information content (AvgIpc) is 2.73. The van der Waals surface area contributed by atoms with Crippen molar-refractivity contribution in [1.29, 1.82) is 0 Å². The highest BCUT2D eigenvalue weighted by Gasteiger charge is 2.24. The molecule has 1 fully saturated rings. The minimum absolute atomic E-state index is 0.140. The smallest absolute Gasteiger partial charge is 0.200 e. The van der Waals surface area contributed by atoms with Crippen LogP contribution in [-0.4, -0.2) is 21.2 Å². The first-order valence-electron chi connectivity index (χ1n) is 5.72. The maximum absolute atomic E-state index is 9.45. The Kier molecular flexibility index (Phi) is 2.36. The van der Waals surface area contributed by atoms with E-state index in [0.717, 1.165) is 37.2 Å². The minimum Gasteiger partial charge on any atom is -0.439 e. The van der Waals surface area contributed by atoms with Gasteiger partial charge in [0.05, 0.1) is 6.10 Å². The molecule has 3 rings (SSSR count). The van der Waals surface area contributed by atoms with Crippen LogP contribution in [0.2, 0.25) is 0 Å². The predicted octanol–water partition coefficient (Wildman–Crippen LogP) is 2.24. The Hall–Kier alpha value is -1.42. The zero-order chi connectivity index (χ0) is 11.0. The maximum Gasteiger partial charge on any atom is 0.200 e. The van der Waals surface area contributed by atoms with Crippen molar-refractivity contribution in [2.75, 3.05) is 0 Å². The van der Waals surface area contributed by atoms with Crippen LogP contribution >= 0.6 is 0 Å². The van der Waals surface area contributed by atoms with Gasteiger partial charge in [0.2, 0.25) is 0 Å². The number of fused-ring (bicyclic) bond motifs is 1. The van der Waals surface area contributed by atoms with Crippen LogP contribution in [0.5, 0.6) is 0 Å². The Bertz CT molecular complexity index is 453. The molecule has 4 heteroatoms. The largest absolute Gasteiger partial charge is 0.439 e. The first kappa shape index (κ1) is 9.78. The van der Waals surface area contributed by atoms with E-state index >= 15 is 0 Å². The minimum atomic E-state index is -0.140. The molecule has 0 bridgehead atoms. The number of hydrogen-bond acceptors (Lipinski definition) is 4. The van der Waals surface area contributed by atoms with E-state index in [4.69, 9.17) is 4.42 Å². The SMILES string of the molecule is OC1CCC(c2nc3ncccc3o2)CC1. The molecule has 0 radical (unpaired) electrons. The summed E-state index contributed by atoms with van der Waals surface area (Å²) < 4.78 is 5.69. The van der Waals surface area contributed by atoms with Crippen molar-refractivity contribution in [3.05, 3.63) is 24.2 Å². The Labute approximate surface area is 93.3 Å². The third-order valence-corrected chi connectivity index (χ3v) is 3.23. The molecular weight excluding hydrogens is 204 g/mol. The van der Waals surface area contributed by atoms with Crippen molar-refractivity contribution < 1.29 is 9.52 Å². The molecule has 1 aliphatic rings. The second-order valence-corrected chi connectivity index (χ2v) is 4.38. The second-order valence-electron chi connectivity index (χ2n) is 4.38. The van der Waals surface area contributed by atoms with Crippen LogP contribution in [0, 0.1) is 0 Å². The van der Waals surface area contributed by atoms with Crippen LogP contribution in [-0.2, 0) is 0 Å². The van der Waals surface area contributed by atoms with Crippen LogP contribution in [0.25, 0.3) is 11.2 Å². The van der Waals surface area contributed by atoms with E-state index in [1.54, 1.807) is 6.20 Å². The monoisotopic (exact) mass is 218 g/mol. The topological polar surface area (TPSA) is 59.2 Å². The molecule has 2 aromatic heterocycles. The van der Waals surface area contributed by atoms with Gasteiger partial charge in [-0.3, -0.25) is 0 Å². The van der Waals surface area contributed by atoms with Gasteiger partial charge in [0.25, 0.3) is 0 Å². The third-order valence-electron chi connectivity index (χ3n) is 3.23. The Morgan fingerprint density at radius 1 is 1.25 bits per heavy atom. The van der Waals surface area contributed by atoms with Gasteiger partial charge in [-0.15, -0.1) is 0 Å². The number of aromatic nitrogens is 2. The molecule has 0 saturated heterocycles. The molecule has 16 heavy (non-hydrogen) atoms. The first-order chi connectivity index (χ1) is 7.83. The van der Waals surface area contributed by atoms with Crippen LogP contribution in [0.15, 0.2) is 22.7 Å². The molecular formula is C12H14N2O2. The summed E-state index contributed by atoms with van der Waals surface area (Å²) >= 11 is 0. The van der Waals surface area contributed by atoms with E-state index in [1.165, 1.54) is 0 Å². The van der Waals surface area contributed by atoms with E-state index in [0.29, 0.717) is 11.6 Å². The lowest BCUT2D eigenvalue weighted by molar-refractivity contribution is 0.118. The number of hydrogen-bond donors (Lipinski definition) is 1. The lowest BCUT2D eigenvalue weighted by Gasteiger charge is -2.22. The molecule has 1 saturated carbocycles. The Morgan fingerprint density at radius 2 is 2.06 bits per heavy atom. The summed E-state index contributed by atoms with van der Waals surface area (Å²) in [6, 6.07) is 3.73. The van der Waals surface area contributed by atoms with Crippen LogP contribution in [0.4, 0.5) is 0 Å². The van der Waals surface area contributed by atoms with Crippen LogP contribution < -0.4 is 0 Å². The Morgan fingerprint density at radius 3 is 2.81 bits per heavy atom. The Balaban J connectivity index is 1.88. The van der Waals surface area contributed by atoms with Gasteiger partial charge in [-0.1, -0.05) is 0 Å². The first-order valence-corrected chi connectivity index (χ1v) is 5.72. The molecule has 2 aromatic rings. The molecule has 4 nitrogen and oxygen atoms in total. The van der Waals surface area contributed by atoms with Crippen molar-refractivity contribution in [3.8, 4) is 0 Å². The summed E-state index contributed by atoms with van der Waals surface area (Å²) in [6.45, 7) is 0. The number of oxazole rings is 1. The number of nitrogens with zero attached hydrogens (tertiary/aromatic N) is 2. The van der Waals surface area contributed by atoms with E-state index in [9.17, 15) is 5.11 Å². The molecule has 0 unspecified atom stereocenters. The van der Waals surface area contributed by atoms with Gasteiger partial charge in [-0.25, -0.2) is 4.98 Å². The fourth-order valence-electron chi connectivity index (χ4n) is 2.28. The summed E-state index contributed by atoms with van der Waals surface area (Å²) in [6.07, 6.45) is 5.17. The van der Waals surface area contributed by atoms with E-state index in [2.05, 4.69) is 9.97 Å². The highest BCUT2D eigenvalue weighted by molar-refractivity contribution is 5.66. The average molecular weight is 218 g/mol. The highest BCUT2D eigenvalue weighted by atomic mass is 16.3. The molecule has 84 valence electrons. The predicted molar refractivity (Wildman–Crippen MR) is 59.0 cm³/mol. The molecule has 0 spiro atoms. The molecule has 1 aliphatic carbocycles. The molecule has 0 aromatic carbocycles.